The van der Waals surface area contributed by atoms with E-state index in [9.17, 15) is 4.79 Å². The summed E-state index contributed by atoms with van der Waals surface area (Å²) in [7, 11) is 3.11. The first-order valence-corrected chi connectivity index (χ1v) is 7.47. The molecule has 0 saturated heterocycles. The molecule has 0 saturated carbocycles. The first-order chi connectivity index (χ1) is 6.56. The fourth-order valence-corrected chi connectivity index (χ4v) is 5.03. The Bertz CT molecular complexity index is 345. The first kappa shape index (κ1) is 13.2. The Balaban J connectivity index is 3.14. The number of ether oxygens (including phenoxy) is 1. The fourth-order valence-electron chi connectivity index (χ4n) is 0.875. The summed E-state index contributed by atoms with van der Waals surface area (Å²) in [5, 5.41) is 0. The van der Waals surface area contributed by atoms with E-state index < -0.39 is 0 Å². The van der Waals surface area contributed by atoms with Crippen LogP contribution >= 0.6 is 67.8 Å². The van der Waals surface area contributed by atoms with Crippen LogP contribution in [-0.4, -0.2) is 22.4 Å². The second-order valence-corrected chi connectivity index (χ2v) is 6.18. The molecule has 0 unspecified atom stereocenters. The fraction of sp³-hybridized carbons (Fsp3) is 0.125. The van der Waals surface area contributed by atoms with Gasteiger partial charge in [-0.05, 0) is 79.9 Å². The number of carbonyl (C=O) groups excluding carboxylic acids is 1. The summed E-state index contributed by atoms with van der Waals surface area (Å²) in [6.45, 7) is 0. The van der Waals surface area contributed by atoms with E-state index in [4.69, 9.17) is 4.74 Å². The molecule has 73 valence electrons. The van der Waals surface area contributed by atoms with Gasteiger partial charge in [0.05, 0.1) is 22.0 Å². The number of esters is 1. The van der Waals surface area contributed by atoms with Crippen LogP contribution in [0.5, 0.6) is 0 Å². The Labute approximate surface area is 126 Å². The van der Waals surface area contributed by atoms with E-state index in [-0.39, 0.29) is 12.2 Å². The molecule has 6 heteroatoms. The Hall–Kier alpha value is 1.10. The Morgan fingerprint density at radius 2 is 1.79 bits per heavy atom. The van der Waals surface area contributed by atoms with Crippen molar-refractivity contribution in [1.82, 2.24) is 0 Å². The maximum absolute atomic E-state index is 11.5. The number of halogens is 3. The van der Waals surface area contributed by atoms with Gasteiger partial charge in [-0.2, -0.15) is 0 Å². The van der Waals surface area contributed by atoms with Crippen molar-refractivity contribution in [2.45, 2.75) is 0 Å². The van der Waals surface area contributed by atoms with Crippen LogP contribution in [0.3, 0.4) is 0 Å². The van der Waals surface area contributed by atoms with E-state index in [0.717, 1.165) is 10.7 Å². The van der Waals surface area contributed by atoms with Crippen molar-refractivity contribution in [3.8, 4) is 0 Å². The van der Waals surface area contributed by atoms with Crippen LogP contribution in [0, 0.1) is 10.7 Å². The largest absolute Gasteiger partial charge is 0.467 e. The van der Waals surface area contributed by atoms with E-state index in [0.29, 0.717) is 5.56 Å². The molecule has 0 aromatic heterocycles. The Morgan fingerprint density at radius 1 is 1.29 bits per heavy atom. The number of rotatable bonds is 2. The van der Waals surface area contributed by atoms with Gasteiger partial charge in [0.15, 0.2) is 0 Å². The lowest BCUT2D eigenvalue weighted by Gasteiger charge is -2.07. The zero-order chi connectivity index (χ0) is 10.7. The summed E-state index contributed by atoms with van der Waals surface area (Å²) >= 11 is 6.50. The van der Waals surface area contributed by atoms with Crippen molar-refractivity contribution in [3.05, 3.63) is 28.4 Å². The number of hydrogen-bond acceptors (Lipinski definition) is 2. The average molecular weight is 541 g/mol. The molecule has 0 bridgehead atoms. The molecule has 0 atom stereocenters. The van der Waals surface area contributed by atoms with Gasteiger partial charge in [0.2, 0.25) is 0 Å². The summed E-state index contributed by atoms with van der Waals surface area (Å²) in [6.07, 6.45) is 0.219. The number of benzene rings is 1. The van der Waals surface area contributed by atoms with Gasteiger partial charge in [-0.3, -0.25) is 0 Å². The highest BCUT2D eigenvalue weighted by Crippen LogP contribution is 2.23. The standard InChI is InChI=1S/C8H4I3O2Si/c9-4-1-5(10)7(6(11)2-4)8(12)13-3-14/h1-2H,3H2. The molecule has 2 nitrogen and oxygen atoms in total. The summed E-state index contributed by atoms with van der Waals surface area (Å²) < 4.78 is 7.85. The molecule has 1 aromatic rings. The van der Waals surface area contributed by atoms with Crippen molar-refractivity contribution >= 4 is 84.0 Å². The predicted molar refractivity (Wildman–Crippen MR) is 80.6 cm³/mol. The maximum atomic E-state index is 11.5. The lowest BCUT2D eigenvalue weighted by atomic mass is 10.2. The van der Waals surface area contributed by atoms with E-state index in [2.05, 4.69) is 78.0 Å². The van der Waals surface area contributed by atoms with Crippen LogP contribution in [-0.2, 0) is 4.74 Å². The second-order valence-electron chi connectivity index (χ2n) is 2.32. The zero-order valence-electron chi connectivity index (χ0n) is 6.81. The van der Waals surface area contributed by atoms with Crippen molar-refractivity contribution in [3.63, 3.8) is 0 Å². The van der Waals surface area contributed by atoms with E-state index in [1.54, 1.807) is 0 Å². The molecule has 0 fully saturated rings. The Kier molecular flexibility index (Phi) is 5.63. The van der Waals surface area contributed by atoms with Gasteiger partial charge in [0.1, 0.15) is 0 Å². The number of carbonyl (C=O) groups is 1. The highest BCUT2D eigenvalue weighted by molar-refractivity contribution is 14.1. The molecule has 0 spiro atoms. The molecular formula is C8H4I3O2Si. The topological polar surface area (TPSA) is 26.3 Å². The molecule has 14 heavy (non-hydrogen) atoms. The molecule has 3 radical (unpaired) electrons. The van der Waals surface area contributed by atoms with E-state index in [1.165, 1.54) is 0 Å². The summed E-state index contributed by atoms with van der Waals surface area (Å²) in [6, 6.07) is 3.90. The van der Waals surface area contributed by atoms with Crippen LogP contribution in [0.15, 0.2) is 12.1 Å². The molecule has 0 heterocycles. The maximum Gasteiger partial charge on any atom is 0.339 e. The van der Waals surface area contributed by atoms with Crippen LogP contribution in [0.2, 0.25) is 0 Å². The normalized spacial score (nSPS) is 10.0. The third-order valence-corrected chi connectivity index (χ3v) is 3.88. The average Bonchev–Trinajstić information content (AvgIpc) is 2.01. The SMILES string of the molecule is O=C(OC[Si])c1c(I)cc(I)cc1I. The van der Waals surface area contributed by atoms with Gasteiger partial charge < -0.3 is 4.74 Å². The summed E-state index contributed by atoms with van der Waals surface area (Å²) in [5.41, 5.74) is 0.643. The van der Waals surface area contributed by atoms with Gasteiger partial charge in [-0.1, -0.05) is 0 Å². The molecule has 0 N–H and O–H groups in total. The van der Waals surface area contributed by atoms with Crippen molar-refractivity contribution in [2.24, 2.45) is 0 Å². The minimum absolute atomic E-state index is 0.219. The molecular weight excluding hydrogens is 537 g/mol. The minimum atomic E-state index is -0.287. The lowest BCUT2D eigenvalue weighted by Crippen LogP contribution is -2.10. The van der Waals surface area contributed by atoms with Gasteiger partial charge in [-0.25, -0.2) is 4.79 Å². The predicted octanol–water partition coefficient (Wildman–Crippen LogP) is 2.78. The molecule has 0 aliphatic carbocycles. The zero-order valence-corrected chi connectivity index (χ0v) is 14.3. The monoisotopic (exact) mass is 541 g/mol. The third-order valence-electron chi connectivity index (χ3n) is 1.41. The smallest absolute Gasteiger partial charge is 0.339 e. The van der Waals surface area contributed by atoms with Gasteiger partial charge in [-0.15, -0.1) is 0 Å². The second kappa shape index (κ2) is 5.99. The summed E-state index contributed by atoms with van der Waals surface area (Å²) in [5.74, 6) is -0.287. The van der Waals surface area contributed by atoms with E-state index >= 15 is 0 Å². The highest BCUT2D eigenvalue weighted by atomic mass is 127. The molecule has 0 amide bonds. The van der Waals surface area contributed by atoms with Crippen molar-refractivity contribution in [1.29, 1.82) is 0 Å². The number of hydrogen-bond donors (Lipinski definition) is 0. The molecule has 0 aliphatic rings. The van der Waals surface area contributed by atoms with Crippen molar-refractivity contribution in [2.75, 3.05) is 6.23 Å². The van der Waals surface area contributed by atoms with Crippen molar-refractivity contribution < 1.29 is 9.53 Å². The van der Waals surface area contributed by atoms with Gasteiger partial charge in [0, 0.05) is 10.7 Å². The third kappa shape index (κ3) is 3.30. The lowest BCUT2D eigenvalue weighted by molar-refractivity contribution is 0.0571. The van der Waals surface area contributed by atoms with Crippen LogP contribution < -0.4 is 0 Å². The van der Waals surface area contributed by atoms with Crippen LogP contribution in [0.25, 0.3) is 0 Å². The quantitative estimate of drug-likeness (QED) is 0.328. The molecule has 1 aromatic carbocycles. The van der Waals surface area contributed by atoms with Gasteiger partial charge in [0.25, 0.3) is 0 Å². The first-order valence-electron chi connectivity index (χ1n) is 3.52. The molecule has 0 aliphatic heterocycles. The van der Waals surface area contributed by atoms with Crippen LogP contribution in [0.4, 0.5) is 0 Å². The van der Waals surface area contributed by atoms with E-state index in [1.807, 2.05) is 12.1 Å². The Morgan fingerprint density at radius 3 is 2.21 bits per heavy atom. The minimum Gasteiger partial charge on any atom is -0.467 e. The molecule has 1 rings (SSSR count). The van der Waals surface area contributed by atoms with Gasteiger partial charge >= 0.3 is 5.97 Å². The summed E-state index contributed by atoms with van der Waals surface area (Å²) in [4.78, 5) is 11.5. The highest BCUT2D eigenvalue weighted by Gasteiger charge is 2.15. The van der Waals surface area contributed by atoms with Crippen LogP contribution in [0.1, 0.15) is 10.4 Å².